The zero-order valence-electron chi connectivity index (χ0n) is 12.9. The lowest BCUT2D eigenvalue weighted by atomic mass is 10.0. The maximum atomic E-state index is 6.08. The zero-order chi connectivity index (χ0) is 14.7. The molecule has 0 radical (unpaired) electrons. The van der Waals surface area contributed by atoms with Crippen molar-refractivity contribution in [3.8, 4) is 5.75 Å². The van der Waals surface area contributed by atoms with Crippen LogP contribution in [0.4, 0.5) is 5.69 Å². The fraction of sp³-hybridized carbons (Fsp3) is 0.647. The van der Waals surface area contributed by atoms with E-state index in [0.717, 1.165) is 51.1 Å². The third-order valence-corrected chi connectivity index (χ3v) is 4.48. The minimum atomic E-state index is 0.205. The van der Waals surface area contributed by atoms with E-state index in [2.05, 4.69) is 30.0 Å². The van der Waals surface area contributed by atoms with Gasteiger partial charge in [0.2, 0.25) is 0 Å². The monoisotopic (exact) mass is 290 g/mol. The smallest absolute Gasteiger partial charge is 0.122 e. The van der Waals surface area contributed by atoms with Crippen molar-refractivity contribution >= 4 is 5.69 Å². The maximum absolute atomic E-state index is 6.08. The lowest BCUT2D eigenvalue weighted by molar-refractivity contribution is 0.00716. The van der Waals surface area contributed by atoms with Crippen molar-refractivity contribution in [1.29, 1.82) is 0 Å². The molecule has 3 rings (SSSR count). The van der Waals surface area contributed by atoms with Crippen LogP contribution in [0.25, 0.3) is 0 Å². The van der Waals surface area contributed by atoms with Gasteiger partial charge in [-0.1, -0.05) is 0 Å². The predicted octanol–water partition coefficient (Wildman–Crippen LogP) is 2.48. The maximum Gasteiger partial charge on any atom is 0.122 e. The third-order valence-electron chi connectivity index (χ3n) is 4.48. The summed E-state index contributed by atoms with van der Waals surface area (Å²) >= 11 is 0. The first kappa shape index (κ1) is 14.7. The van der Waals surface area contributed by atoms with E-state index in [0.29, 0.717) is 12.6 Å². The highest BCUT2D eigenvalue weighted by Gasteiger charge is 2.19. The van der Waals surface area contributed by atoms with Gasteiger partial charge < -0.3 is 20.1 Å². The van der Waals surface area contributed by atoms with Crippen LogP contribution in [0.2, 0.25) is 0 Å². The standard InChI is InChI=1S/C17H26N2O2/c1-13-11-15(19-8-6-14(18)7-9-19)4-5-17(13)21-16-3-2-10-20-12-16/h4-5,11,14,16H,2-3,6-10,12,18H2,1H3. The summed E-state index contributed by atoms with van der Waals surface area (Å²) in [6.07, 6.45) is 4.55. The van der Waals surface area contributed by atoms with Crippen molar-refractivity contribution < 1.29 is 9.47 Å². The van der Waals surface area contributed by atoms with Crippen LogP contribution in [-0.2, 0) is 4.74 Å². The minimum absolute atomic E-state index is 0.205. The summed E-state index contributed by atoms with van der Waals surface area (Å²) in [5.41, 5.74) is 8.46. The van der Waals surface area contributed by atoms with Gasteiger partial charge in [-0.2, -0.15) is 0 Å². The molecule has 0 amide bonds. The minimum Gasteiger partial charge on any atom is -0.488 e. The molecule has 2 saturated heterocycles. The molecule has 0 aliphatic carbocycles. The molecule has 2 aliphatic rings. The summed E-state index contributed by atoms with van der Waals surface area (Å²) in [5, 5.41) is 0. The van der Waals surface area contributed by atoms with E-state index in [1.165, 1.54) is 11.3 Å². The number of nitrogens with zero attached hydrogens (tertiary/aromatic N) is 1. The average Bonchev–Trinajstić information content (AvgIpc) is 2.51. The van der Waals surface area contributed by atoms with Crippen LogP contribution in [0, 0.1) is 6.92 Å². The first-order valence-corrected chi connectivity index (χ1v) is 8.08. The summed E-state index contributed by atoms with van der Waals surface area (Å²) in [6, 6.07) is 6.88. The van der Waals surface area contributed by atoms with Crippen molar-refractivity contribution in [3.63, 3.8) is 0 Å². The SMILES string of the molecule is Cc1cc(N2CCC(N)CC2)ccc1OC1CCCOC1. The van der Waals surface area contributed by atoms with Crippen LogP contribution in [0.1, 0.15) is 31.2 Å². The number of ether oxygens (including phenoxy) is 2. The van der Waals surface area contributed by atoms with Gasteiger partial charge in [-0.25, -0.2) is 0 Å². The van der Waals surface area contributed by atoms with Crippen molar-refractivity contribution in [3.05, 3.63) is 23.8 Å². The number of benzene rings is 1. The number of rotatable bonds is 3. The molecule has 2 fully saturated rings. The van der Waals surface area contributed by atoms with Gasteiger partial charge in [0.25, 0.3) is 0 Å². The Morgan fingerprint density at radius 2 is 2.05 bits per heavy atom. The van der Waals surface area contributed by atoms with E-state index in [1.807, 2.05) is 0 Å². The van der Waals surface area contributed by atoms with E-state index >= 15 is 0 Å². The number of hydrogen-bond acceptors (Lipinski definition) is 4. The van der Waals surface area contributed by atoms with Crippen LogP contribution in [-0.4, -0.2) is 38.4 Å². The topological polar surface area (TPSA) is 47.7 Å². The van der Waals surface area contributed by atoms with Crippen LogP contribution < -0.4 is 15.4 Å². The lowest BCUT2D eigenvalue weighted by Crippen LogP contribution is -2.39. The number of piperidine rings is 1. The Kier molecular flexibility index (Phi) is 4.66. The summed E-state index contributed by atoms with van der Waals surface area (Å²) < 4.78 is 11.6. The molecule has 1 atom stereocenters. The van der Waals surface area contributed by atoms with E-state index in [4.69, 9.17) is 15.2 Å². The molecule has 2 heterocycles. The van der Waals surface area contributed by atoms with Crippen LogP contribution >= 0.6 is 0 Å². The quantitative estimate of drug-likeness (QED) is 0.929. The second kappa shape index (κ2) is 6.67. The first-order chi connectivity index (χ1) is 10.2. The van der Waals surface area contributed by atoms with E-state index in [-0.39, 0.29) is 6.10 Å². The predicted molar refractivity (Wildman–Crippen MR) is 85.1 cm³/mol. The molecule has 0 bridgehead atoms. The number of anilines is 1. The number of aryl methyl sites for hydroxylation is 1. The van der Waals surface area contributed by atoms with Gasteiger partial charge in [0, 0.05) is 31.4 Å². The van der Waals surface area contributed by atoms with Crippen molar-refractivity contribution in [1.82, 2.24) is 0 Å². The fourth-order valence-corrected chi connectivity index (χ4v) is 3.10. The van der Waals surface area contributed by atoms with Gasteiger partial charge >= 0.3 is 0 Å². The molecule has 0 aromatic heterocycles. The first-order valence-electron chi connectivity index (χ1n) is 8.08. The van der Waals surface area contributed by atoms with E-state index in [1.54, 1.807) is 0 Å². The van der Waals surface area contributed by atoms with Gasteiger partial charge in [-0.3, -0.25) is 0 Å². The van der Waals surface area contributed by atoms with Crippen molar-refractivity contribution in [2.75, 3.05) is 31.2 Å². The van der Waals surface area contributed by atoms with Crippen LogP contribution in [0.15, 0.2) is 18.2 Å². The van der Waals surface area contributed by atoms with Gasteiger partial charge in [0.15, 0.2) is 0 Å². The zero-order valence-corrected chi connectivity index (χ0v) is 12.9. The number of nitrogens with two attached hydrogens (primary N) is 1. The third kappa shape index (κ3) is 3.69. The van der Waals surface area contributed by atoms with Crippen molar-refractivity contribution in [2.45, 2.75) is 44.8 Å². The number of hydrogen-bond donors (Lipinski definition) is 1. The Labute approximate surface area is 127 Å². The van der Waals surface area contributed by atoms with Gasteiger partial charge in [0.1, 0.15) is 11.9 Å². The molecular formula is C17H26N2O2. The van der Waals surface area contributed by atoms with Gasteiger partial charge in [-0.05, 0) is 56.4 Å². The fourth-order valence-electron chi connectivity index (χ4n) is 3.10. The van der Waals surface area contributed by atoms with Crippen LogP contribution in [0.5, 0.6) is 5.75 Å². The Hall–Kier alpha value is -1.26. The Balaban J connectivity index is 1.64. The summed E-state index contributed by atoms with van der Waals surface area (Å²) in [5.74, 6) is 0.989. The second-order valence-corrected chi connectivity index (χ2v) is 6.23. The molecule has 2 N–H and O–H groups in total. The van der Waals surface area contributed by atoms with Crippen LogP contribution in [0.3, 0.4) is 0 Å². The molecule has 21 heavy (non-hydrogen) atoms. The van der Waals surface area contributed by atoms with Gasteiger partial charge in [-0.15, -0.1) is 0 Å². The molecule has 116 valence electrons. The highest BCUT2D eigenvalue weighted by Crippen LogP contribution is 2.28. The molecule has 4 nitrogen and oxygen atoms in total. The Bertz CT molecular complexity index is 464. The summed E-state index contributed by atoms with van der Waals surface area (Å²) in [7, 11) is 0. The highest BCUT2D eigenvalue weighted by atomic mass is 16.5. The summed E-state index contributed by atoms with van der Waals surface area (Å²) in [6.45, 7) is 5.81. The molecule has 1 aromatic carbocycles. The molecule has 0 saturated carbocycles. The molecule has 4 heteroatoms. The molecular weight excluding hydrogens is 264 g/mol. The second-order valence-electron chi connectivity index (χ2n) is 6.23. The average molecular weight is 290 g/mol. The largest absolute Gasteiger partial charge is 0.488 e. The molecule has 1 unspecified atom stereocenters. The lowest BCUT2D eigenvalue weighted by Gasteiger charge is -2.32. The normalized spacial score (nSPS) is 24.1. The van der Waals surface area contributed by atoms with E-state index < -0.39 is 0 Å². The van der Waals surface area contributed by atoms with Gasteiger partial charge in [0.05, 0.1) is 6.61 Å². The molecule has 0 spiro atoms. The Morgan fingerprint density at radius 3 is 2.71 bits per heavy atom. The molecule has 1 aromatic rings. The summed E-state index contributed by atoms with van der Waals surface area (Å²) in [4.78, 5) is 2.42. The molecule has 2 aliphatic heterocycles. The van der Waals surface area contributed by atoms with E-state index in [9.17, 15) is 0 Å². The van der Waals surface area contributed by atoms with Crippen molar-refractivity contribution in [2.24, 2.45) is 5.73 Å². The Morgan fingerprint density at radius 1 is 1.24 bits per heavy atom. The highest BCUT2D eigenvalue weighted by molar-refractivity contribution is 5.53.